The molecule has 0 aliphatic rings. The second-order valence-corrected chi connectivity index (χ2v) is 9.20. The van der Waals surface area contributed by atoms with Crippen LogP contribution in [0.3, 0.4) is 0 Å². The molecule has 2 nitrogen and oxygen atoms in total. The van der Waals surface area contributed by atoms with Crippen molar-refractivity contribution in [1.29, 1.82) is 0 Å². The van der Waals surface area contributed by atoms with Crippen molar-refractivity contribution >= 4 is 0 Å². The quantitative estimate of drug-likeness (QED) is 0.202. The maximum Gasteiger partial charge on any atom is 2.00 e. The summed E-state index contributed by atoms with van der Waals surface area (Å²) in [6.07, 6.45) is 0. The van der Waals surface area contributed by atoms with Gasteiger partial charge < -0.3 is 10.2 Å². The molecule has 4 aromatic carbocycles. The predicted molar refractivity (Wildman–Crippen MR) is 148 cm³/mol. The van der Waals surface area contributed by atoms with Gasteiger partial charge in [0.15, 0.2) is 0 Å². The van der Waals surface area contributed by atoms with Crippen molar-refractivity contribution in [1.82, 2.24) is 0 Å². The molecule has 37 heavy (non-hydrogen) atoms. The number of benzene rings is 2. The van der Waals surface area contributed by atoms with Crippen LogP contribution in [0.5, 0.6) is 11.5 Å². The van der Waals surface area contributed by atoms with Gasteiger partial charge in [-0.15, -0.1) is 0 Å². The van der Waals surface area contributed by atoms with Crippen LogP contribution in [-0.2, 0) is 26.2 Å². The van der Waals surface area contributed by atoms with Crippen LogP contribution in [0.1, 0.15) is 55.6 Å². The number of aromatic hydroxyl groups is 2. The van der Waals surface area contributed by atoms with E-state index in [2.05, 4.69) is 69.2 Å². The van der Waals surface area contributed by atoms with E-state index in [4.69, 9.17) is 10.2 Å². The van der Waals surface area contributed by atoms with Gasteiger partial charge in [0, 0.05) is 0 Å². The summed E-state index contributed by atoms with van der Waals surface area (Å²) in [7, 11) is 0. The molecular weight excluding hydrogens is 546 g/mol. The molecule has 0 fully saturated rings. The van der Waals surface area contributed by atoms with Crippen molar-refractivity contribution in [3.63, 3.8) is 0 Å². The molecule has 0 atom stereocenters. The minimum atomic E-state index is -0.331. The van der Waals surface area contributed by atoms with Crippen molar-refractivity contribution < 1.29 is 45.2 Å². The molecule has 0 aliphatic heterocycles. The Balaban J connectivity index is 0.000000465. The van der Waals surface area contributed by atoms with Gasteiger partial charge in [-0.05, 0) is 48.5 Å². The van der Waals surface area contributed by atoms with Crippen molar-refractivity contribution in [3.8, 4) is 11.5 Å². The molecule has 0 saturated heterocycles. The number of hydrogen-bond donors (Lipinski definition) is 2. The minimum absolute atomic E-state index is 0. The van der Waals surface area contributed by atoms with E-state index in [0.29, 0.717) is 0 Å². The van der Waals surface area contributed by atoms with E-state index in [9.17, 15) is 8.78 Å². The van der Waals surface area contributed by atoms with Gasteiger partial charge in [-0.3, -0.25) is 0 Å². The molecule has 5 heteroatoms. The van der Waals surface area contributed by atoms with Gasteiger partial charge in [0.2, 0.25) is 0 Å². The third-order valence-electron chi connectivity index (χ3n) is 7.28. The van der Waals surface area contributed by atoms with E-state index < -0.39 is 0 Å². The normalized spacial score (nSPS) is 9.62. The molecule has 0 spiro atoms. The molecule has 0 aromatic heterocycles. The van der Waals surface area contributed by atoms with Crippen LogP contribution in [0.25, 0.3) is 0 Å². The van der Waals surface area contributed by atoms with E-state index in [1.54, 1.807) is 0 Å². The smallest absolute Gasteiger partial charge is 0.508 e. The van der Waals surface area contributed by atoms with Gasteiger partial charge in [-0.1, -0.05) is 69.2 Å². The van der Waals surface area contributed by atoms with E-state index in [1.807, 2.05) is 0 Å². The fraction of sp³-hybridized carbons (Fsp3) is 0.312. The molecule has 0 radical (unpaired) electrons. The Morgan fingerprint density at radius 1 is 0.459 bits per heavy atom. The number of halogens is 2. The maximum absolute atomic E-state index is 12.0. The van der Waals surface area contributed by atoms with Crippen LogP contribution >= 0.6 is 0 Å². The molecule has 0 heterocycles. The molecule has 0 aliphatic carbocycles. The van der Waals surface area contributed by atoms with Gasteiger partial charge in [0.25, 0.3) is 0 Å². The summed E-state index contributed by atoms with van der Waals surface area (Å²) in [5.74, 6) is -0.483. The Hall–Kier alpha value is -2.52. The zero-order valence-electron chi connectivity index (χ0n) is 23.8. The van der Waals surface area contributed by atoms with Crippen molar-refractivity contribution in [3.05, 3.63) is 116 Å². The van der Waals surface area contributed by atoms with Crippen LogP contribution in [0.4, 0.5) is 8.78 Å². The van der Waals surface area contributed by atoms with Gasteiger partial charge in [-0.25, -0.2) is 8.78 Å². The summed E-state index contributed by atoms with van der Waals surface area (Å²) in [5, 5.41) is 17.2. The molecule has 198 valence electrons. The fourth-order valence-electron chi connectivity index (χ4n) is 3.69. The van der Waals surface area contributed by atoms with E-state index in [-0.39, 0.29) is 49.3 Å². The van der Waals surface area contributed by atoms with Crippen molar-refractivity contribution in [2.75, 3.05) is 0 Å². The first-order chi connectivity index (χ1) is 16.7. The summed E-state index contributed by atoms with van der Waals surface area (Å²) < 4.78 is 24.0. The Kier molecular flexibility index (Phi) is 14.6. The second kappa shape index (κ2) is 15.7. The molecule has 2 N–H and O–H groups in total. The van der Waals surface area contributed by atoms with Crippen LogP contribution in [-0.4, -0.2) is 10.2 Å². The van der Waals surface area contributed by atoms with Crippen LogP contribution < -0.4 is 0 Å². The topological polar surface area (TPSA) is 40.5 Å². The molecule has 4 aromatic rings. The first kappa shape index (κ1) is 34.5. The Labute approximate surface area is 240 Å². The summed E-state index contributed by atoms with van der Waals surface area (Å²) in [6.45, 7) is 22.0. The number of phenolic OH excluding ortho intramolecular Hbond substituents is 2. The molecule has 4 rings (SSSR count). The Morgan fingerprint density at radius 3 is 0.757 bits per heavy atom. The standard InChI is InChI=1S/2C10H15.2C6H5FO.Zr/c2*1-6-7(2)9(4)10(5)8(6)3;2*7-5-1-3-6(8)4-2-5;/h2*1-5H3;2*1-4,8H;/q2*-1;;;+2. The average molecular weight is 586 g/mol. The zero-order valence-corrected chi connectivity index (χ0v) is 26.2. The van der Waals surface area contributed by atoms with E-state index in [1.165, 1.54) is 104 Å². The second-order valence-electron chi connectivity index (χ2n) is 9.20. The largest absolute Gasteiger partial charge is 2.00 e. The monoisotopic (exact) mass is 584 g/mol. The van der Waals surface area contributed by atoms with E-state index in [0.717, 1.165) is 0 Å². The van der Waals surface area contributed by atoms with E-state index >= 15 is 0 Å². The number of rotatable bonds is 0. The maximum atomic E-state index is 12.0. The van der Waals surface area contributed by atoms with Crippen LogP contribution in [0, 0.1) is 80.9 Å². The third kappa shape index (κ3) is 10.0. The molecule has 0 unspecified atom stereocenters. The summed E-state index contributed by atoms with van der Waals surface area (Å²) in [5.41, 5.74) is 14.7. The number of hydrogen-bond acceptors (Lipinski definition) is 2. The van der Waals surface area contributed by atoms with Crippen molar-refractivity contribution in [2.24, 2.45) is 0 Å². The van der Waals surface area contributed by atoms with Gasteiger partial charge in [0.1, 0.15) is 23.1 Å². The third-order valence-corrected chi connectivity index (χ3v) is 7.28. The summed E-state index contributed by atoms with van der Waals surface area (Å²) >= 11 is 0. The zero-order chi connectivity index (χ0) is 27.7. The Bertz CT molecular complexity index is 946. The fourth-order valence-corrected chi connectivity index (χ4v) is 3.69. The molecule has 0 saturated carbocycles. The SMILES string of the molecule is Cc1c(C)c(C)[c-](C)c1C.Cc1c(C)c(C)[c-](C)c1C.Oc1ccc(F)cc1.Oc1ccc(F)cc1.[Zr+2]. The number of phenols is 2. The summed E-state index contributed by atoms with van der Waals surface area (Å²) in [6, 6.07) is 10.0. The first-order valence-corrected chi connectivity index (χ1v) is 12.0. The minimum Gasteiger partial charge on any atom is -0.508 e. The molecule has 0 bridgehead atoms. The molecular formula is C32H40F2O2Zr. The van der Waals surface area contributed by atoms with Gasteiger partial charge in [0.05, 0.1) is 0 Å². The Morgan fingerprint density at radius 2 is 0.649 bits per heavy atom. The molecule has 0 amide bonds. The first-order valence-electron chi connectivity index (χ1n) is 12.0. The van der Waals surface area contributed by atoms with Gasteiger partial charge >= 0.3 is 26.2 Å². The summed E-state index contributed by atoms with van der Waals surface area (Å²) in [4.78, 5) is 0. The average Bonchev–Trinajstić information content (AvgIpc) is 3.13. The van der Waals surface area contributed by atoms with Gasteiger partial charge in [-0.2, -0.15) is 55.6 Å². The van der Waals surface area contributed by atoms with Crippen molar-refractivity contribution in [2.45, 2.75) is 69.2 Å². The van der Waals surface area contributed by atoms with Crippen LogP contribution in [0.2, 0.25) is 0 Å². The predicted octanol–water partition coefficient (Wildman–Crippen LogP) is 8.96. The van der Waals surface area contributed by atoms with Crippen LogP contribution in [0.15, 0.2) is 48.5 Å².